The van der Waals surface area contributed by atoms with E-state index in [0.29, 0.717) is 37.3 Å². The molecule has 0 unspecified atom stereocenters. The third-order valence-electron chi connectivity index (χ3n) is 5.40. The molecule has 0 aliphatic carbocycles. The van der Waals surface area contributed by atoms with Crippen LogP contribution in [0.3, 0.4) is 0 Å². The van der Waals surface area contributed by atoms with E-state index in [2.05, 4.69) is 0 Å². The molecule has 0 bridgehead atoms. The molecule has 0 N–H and O–H groups in total. The Morgan fingerprint density at radius 2 is 1.63 bits per heavy atom. The first-order valence-electron chi connectivity index (χ1n) is 10.0. The number of hydrogen-bond donors (Lipinski definition) is 0. The van der Waals surface area contributed by atoms with E-state index in [1.165, 1.54) is 4.31 Å². The second-order valence-corrected chi connectivity index (χ2v) is 9.15. The maximum atomic E-state index is 13.2. The van der Waals surface area contributed by atoms with Crippen LogP contribution in [-0.2, 0) is 23.0 Å². The summed E-state index contributed by atoms with van der Waals surface area (Å²) in [5, 5.41) is 0. The van der Waals surface area contributed by atoms with E-state index in [9.17, 15) is 13.2 Å². The molecule has 5 nitrogen and oxygen atoms in total. The summed E-state index contributed by atoms with van der Waals surface area (Å²) < 4.78 is 27.7. The predicted octanol–water partition coefficient (Wildman–Crippen LogP) is 4.10. The highest BCUT2D eigenvalue weighted by Crippen LogP contribution is 2.34. The maximum Gasteiger partial charge on any atom is 0.264 e. The summed E-state index contributed by atoms with van der Waals surface area (Å²) in [4.78, 5) is 15.2. The number of benzene rings is 3. The molecule has 0 spiro atoms. The van der Waals surface area contributed by atoms with Gasteiger partial charge in [0, 0.05) is 25.2 Å². The van der Waals surface area contributed by atoms with Crippen LogP contribution in [0.4, 0.5) is 5.69 Å². The highest BCUT2D eigenvalue weighted by atomic mass is 32.2. The van der Waals surface area contributed by atoms with Crippen molar-refractivity contribution in [3.8, 4) is 0 Å². The van der Waals surface area contributed by atoms with Crippen LogP contribution in [0, 0.1) is 0 Å². The molecule has 0 radical (unpaired) electrons. The number of nitrogens with zero attached hydrogens (tertiary/aromatic N) is 2. The average molecular weight is 421 g/mol. The van der Waals surface area contributed by atoms with Gasteiger partial charge in [0.2, 0.25) is 0 Å². The molecule has 1 aliphatic heterocycles. The SMILES string of the molecule is CCN(Cc1ccccc1)C(=O)c1ccc2c(c1)N(S(=O)(=O)c1ccccc1)CC2. The fourth-order valence-electron chi connectivity index (χ4n) is 3.77. The minimum atomic E-state index is -3.66. The maximum absolute atomic E-state index is 13.2. The first kappa shape index (κ1) is 20.2. The lowest BCUT2D eigenvalue weighted by Crippen LogP contribution is -2.31. The first-order chi connectivity index (χ1) is 14.5. The van der Waals surface area contributed by atoms with Crippen molar-refractivity contribution in [1.29, 1.82) is 0 Å². The lowest BCUT2D eigenvalue weighted by atomic mass is 10.1. The molecule has 30 heavy (non-hydrogen) atoms. The Kier molecular flexibility index (Phi) is 5.59. The lowest BCUT2D eigenvalue weighted by molar-refractivity contribution is 0.0752. The fraction of sp³-hybridized carbons (Fsp3) is 0.208. The molecule has 6 heteroatoms. The summed E-state index contributed by atoms with van der Waals surface area (Å²) in [5.41, 5.74) is 3.10. The van der Waals surface area contributed by atoms with Gasteiger partial charge in [-0.25, -0.2) is 8.42 Å². The van der Waals surface area contributed by atoms with Crippen molar-refractivity contribution in [3.63, 3.8) is 0 Å². The molecule has 0 atom stereocenters. The fourth-order valence-corrected chi connectivity index (χ4v) is 5.28. The summed E-state index contributed by atoms with van der Waals surface area (Å²) in [6.07, 6.45) is 0.636. The van der Waals surface area contributed by atoms with Crippen molar-refractivity contribution in [3.05, 3.63) is 95.6 Å². The van der Waals surface area contributed by atoms with E-state index in [-0.39, 0.29) is 10.8 Å². The molecular formula is C24H24N2O3S. The van der Waals surface area contributed by atoms with Gasteiger partial charge in [-0.1, -0.05) is 54.6 Å². The van der Waals surface area contributed by atoms with Crippen LogP contribution in [0.25, 0.3) is 0 Å². The normalized spacial score (nSPS) is 13.2. The molecule has 1 heterocycles. The smallest absolute Gasteiger partial charge is 0.264 e. The van der Waals surface area contributed by atoms with Gasteiger partial charge in [0.25, 0.3) is 15.9 Å². The highest BCUT2D eigenvalue weighted by Gasteiger charge is 2.31. The molecule has 3 aromatic rings. The Labute approximate surface area is 177 Å². The number of sulfonamides is 1. The summed E-state index contributed by atoms with van der Waals surface area (Å²) >= 11 is 0. The van der Waals surface area contributed by atoms with Gasteiger partial charge >= 0.3 is 0 Å². The minimum Gasteiger partial charge on any atom is -0.335 e. The zero-order valence-electron chi connectivity index (χ0n) is 16.9. The number of amides is 1. The Bertz CT molecular complexity index is 1150. The predicted molar refractivity (Wildman–Crippen MR) is 118 cm³/mol. The van der Waals surface area contributed by atoms with Crippen LogP contribution in [0.2, 0.25) is 0 Å². The molecule has 1 aliphatic rings. The van der Waals surface area contributed by atoms with Crippen molar-refractivity contribution >= 4 is 21.6 Å². The highest BCUT2D eigenvalue weighted by molar-refractivity contribution is 7.92. The van der Waals surface area contributed by atoms with Gasteiger partial charge in [-0.05, 0) is 48.7 Å². The van der Waals surface area contributed by atoms with Gasteiger partial charge in [-0.2, -0.15) is 0 Å². The average Bonchev–Trinajstić information content (AvgIpc) is 3.22. The quantitative estimate of drug-likeness (QED) is 0.603. The summed E-state index contributed by atoms with van der Waals surface area (Å²) in [6.45, 7) is 3.40. The molecule has 0 aromatic heterocycles. The molecule has 0 saturated heterocycles. The van der Waals surface area contributed by atoms with Crippen molar-refractivity contribution in [2.24, 2.45) is 0 Å². The van der Waals surface area contributed by atoms with E-state index in [1.54, 1.807) is 47.4 Å². The summed E-state index contributed by atoms with van der Waals surface area (Å²) in [5.74, 6) is -0.104. The number of hydrogen-bond acceptors (Lipinski definition) is 3. The summed E-state index contributed by atoms with van der Waals surface area (Å²) in [7, 11) is -3.66. The van der Waals surface area contributed by atoms with E-state index in [1.807, 2.05) is 43.3 Å². The molecule has 0 saturated carbocycles. The van der Waals surface area contributed by atoms with Gasteiger partial charge in [0.15, 0.2) is 0 Å². The largest absolute Gasteiger partial charge is 0.335 e. The van der Waals surface area contributed by atoms with E-state index >= 15 is 0 Å². The van der Waals surface area contributed by atoms with Crippen molar-refractivity contribution in [2.45, 2.75) is 24.8 Å². The second kappa shape index (κ2) is 8.32. The standard InChI is InChI=1S/C24H24N2O3S/c1-2-25(18-19-9-5-3-6-10-19)24(27)21-14-13-20-15-16-26(23(20)17-21)30(28,29)22-11-7-4-8-12-22/h3-14,17H,2,15-16,18H2,1H3. The summed E-state index contributed by atoms with van der Waals surface area (Å²) in [6, 6.07) is 23.7. The molecule has 0 fully saturated rings. The topological polar surface area (TPSA) is 57.7 Å². The number of carbonyl (C=O) groups is 1. The zero-order chi connectivity index (χ0) is 21.1. The third-order valence-corrected chi connectivity index (χ3v) is 7.23. The Hall–Kier alpha value is -3.12. The van der Waals surface area contributed by atoms with Crippen molar-refractivity contribution < 1.29 is 13.2 Å². The Balaban J connectivity index is 1.63. The monoisotopic (exact) mass is 420 g/mol. The van der Waals surface area contributed by atoms with Crippen LogP contribution >= 0.6 is 0 Å². The lowest BCUT2D eigenvalue weighted by Gasteiger charge is -2.23. The van der Waals surface area contributed by atoms with Crippen molar-refractivity contribution in [2.75, 3.05) is 17.4 Å². The van der Waals surface area contributed by atoms with Crippen LogP contribution in [0.5, 0.6) is 0 Å². The Morgan fingerprint density at radius 3 is 2.30 bits per heavy atom. The molecule has 4 rings (SSSR count). The van der Waals surface area contributed by atoms with Gasteiger partial charge in [0.1, 0.15) is 0 Å². The van der Waals surface area contributed by atoms with Gasteiger partial charge < -0.3 is 4.90 Å². The van der Waals surface area contributed by atoms with Gasteiger partial charge in [0.05, 0.1) is 10.6 Å². The van der Waals surface area contributed by atoms with Crippen LogP contribution in [0.1, 0.15) is 28.4 Å². The van der Waals surface area contributed by atoms with E-state index in [0.717, 1.165) is 11.1 Å². The Morgan fingerprint density at radius 1 is 0.967 bits per heavy atom. The number of rotatable bonds is 6. The van der Waals surface area contributed by atoms with Crippen LogP contribution in [-0.4, -0.2) is 32.3 Å². The van der Waals surface area contributed by atoms with Gasteiger partial charge in [-0.15, -0.1) is 0 Å². The molecule has 154 valence electrons. The first-order valence-corrected chi connectivity index (χ1v) is 11.5. The van der Waals surface area contributed by atoms with E-state index < -0.39 is 10.0 Å². The molecule has 3 aromatic carbocycles. The molecule has 1 amide bonds. The number of fused-ring (bicyclic) bond motifs is 1. The van der Waals surface area contributed by atoms with Crippen LogP contribution in [0.15, 0.2) is 83.8 Å². The van der Waals surface area contributed by atoms with E-state index in [4.69, 9.17) is 0 Å². The van der Waals surface area contributed by atoms with Gasteiger partial charge in [-0.3, -0.25) is 9.10 Å². The van der Waals surface area contributed by atoms with Crippen molar-refractivity contribution in [1.82, 2.24) is 4.90 Å². The number of carbonyl (C=O) groups excluding carboxylic acids is 1. The number of anilines is 1. The third kappa shape index (κ3) is 3.83. The van der Waals surface area contributed by atoms with Crippen LogP contribution < -0.4 is 4.31 Å². The second-order valence-electron chi connectivity index (χ2n) is 7.29. The zero-order valence-corrected chi connectivity index (χ0v) is 17.7. The molecular weight excluding hydrogens is 396 g/mol. The minimum absolute atomic E-state index is 0.104.